The van der Waals surface area contributed by atoms with Crippen LogP contribution in [-0.4, -0.2) is 22.9 Å². The van der Waals surface area contributed by atoms with Gasteiger partial charge in [-0.05, 0) is 30.3 Å². The van der Waals surface area contributed by atoms with E-state index in [0.717, 1.165) is 11.3 Å². The molecule has 6 heteroatoms. The van der Waals surface area contributed by atoms with Crippen molar-refractivity contribution in [3.8, 4) is 0 Å². The molecule has 1 aromatic heterocycles. The molecular formula is C14H12ClN3OS. The smallest absolute Gasteiger partial charge is 0.259 e. The van der Waals surface area contributed by atoms with E-state index in [9.17, 15) is 4.79 Å². The molecule has 1 aromatic carbocycles. The number of nitrogens with two attached hydrogens (primary N) is 1. The van der Waals surface area contributed by atoms with Crippen molar-refractivity contribution < 1.29 is 4.79 Å². The standard InChI is InChI=1S/C14H12ClN3OS/c1-18(10-4-2-9(3-5-10)13(16)20)14(19)11-6-7-17-8-12(11)15/h2-8H,1H3,(H2,16,20). The highest BCUT2D eigenvalue weighted by Gasteiger charge is 2.16. The third-order valence-electron chi connectivity index (χ3n) is 2.85. The number of hydrogen-bond donors (Lipinski definition) is 1. The van der Waals surface area contributed by atoms with E-state index < -0.39 is 0 Å². The second-order valence-corrected chi connectivity index (χ2v) is 4.98. The normalized spacial score (nSPS) is 10.1. The number of halogens is 1. The van der Waals surface area contributed by atoms with Gasteiger partial charge in [0.2, 0.25) is 0 Å². The van der Waals surface area contributed by atoms with Gasteiger partial charge in [-0.3, -0.25) is 9.78 Å². The number of amides is 1. The van der Waals surface area contributed by atoms with E-state index in [2.05, 4.69) is 4.98 Å². The first kappa shape index (κ1) is 14.4. The zero-order chi connectivity index (χ0) is 14.7. The number of carbonyl (C=O) groups is 1. The summed E-state index contributed by atoms with van der Waals surface area (Å²) in [5, 5.41) is 0.323. The van der Waals surface area contributed by atoms with Crippen molar-refractivity contribution in [2.45, 2.75) is 0 Å². The number of benzene rings is 1. The first-order valence-electron chi connectivity index (χ1n) is 5.78. The second-order valence-electron chi connectivity index (χ2n) is 4.13. The summed E-state index contributed by atoms with van der Waals surface area (Å²) in [7, 11) is 1.68. The van der Waals surface area contributed by atoms with Crippen LogP contribution in [0.4, 0.5) is 5.69 Å². The fourth-order valence-corrected chi connectivity index (χ4v) is 2.03. The molecule has 0 atom stereocenters. The van der Waals surface area contributed by atoms with Crippen LogP contribution in [-0.2, 0) is 0 Å². The number of pyridine rings is 1. The third-order valence-corrected chi connectivity index (χ3v) is 3.38. The minimum atomic E-state index is -0.208. The molecular weight excluding hydrogens is 294 g/mol. The average Bonchev–Trinajstić information content (AvgIpc) is 2.46. The molecule has 0 radical (unpaired) electrons. The Morgan fingerprint density at radius 2 is 1.95 bits per heavy atom. The van der Waals surface area contributed by atoms with Crippen LogP contribution >= 0.6 is 23.8 Å². The molecule has 0 unspecified atom stereocenters. The highest BCUT2D eigenvalue weighted by molar-refractivity contribution is 7.80. The molecule has 0 aliphatic rings. The lowest BCUT2D eigenvalue weighted by Gasteiger charge is -2.18. The van der Waals surface area contributed by atoms with Gasteiger partial charge in [-0.1, -0.05) is 23.8 Å². The Morgan fingerprint density at radius 3 is 2.50 bits per heavy atom. The maximum absolute atomic E-state index is 12.3. The number of anilines is 1. The van der Waals surface area contributed by atoms with E-state index >= 15 is 0 Å². The third kappa shape index (κ3) is 2.95. The Hall–Kier alpha value is -1.98. The predicted octanol–water partition coefficient (Wildman–Crippen LogP) is 2.65. The van der Waals surface area contributed by atoms with Crippen LogP contribution in [0, 0.1) is 0 Å². The number of aromatic nitrogens is 1. The van der Waals surface area contributed by atoms with E-state index in [4.69, 9.17) is 29.6 Å². The molecule has 102 valence electrons. The Kier molecular flexibility index (Phi) is 4.32. The molecule has 0 fully saturated rings. The molecule has 2 N–H and O–H groups in total. The first-order chi connectivity index (χ1) is 9.50. The zero-order valence-corrected chi connectivity index (χ0v) is 12.3. The van der Waals surface area contributed by atoms with Gasteiger partial charge in [0, 0.05) is 30.7 Å². The second kappa shape index (κ2) is 5.98. The van der Waals surface area contributed by atoms with Crippen molar-refractivity contribution in [3.05, 3.63) is 58.9 Å². The van der Waals surface area contributed by atoms with E-state index in [0.29, 0.717) is 15.6 Å². The molecule has 0 saturated heterocycles. The van der Waals surface area contributed by atoms with Crippen LogP contribution in [0.15, 0.2) is 42.7 Å². The highest BCUT2D eigenvalue weighted by atomic mass is 35.5. The topological polar surface area (TPSA) is 59.2 Å². The van der Waals surface area contributed by atoms with Gasteiger partial charge in [0.05, 0.1) is 10.6 Å². The first-order valence-corrected chi connectivity index (χ1v) is 6.56. The summed E-state index contributed by atoms with van der Waals surface area (Å²) in [6, 6.07) is 8.69. The summed E-state index contributed by atoms with van der Waals surface area (Å²) in [4.78, 5) is 18.0. The van der Waals surface area contributed by atoms with Crippen molar-refractivity contribution in [3.63, 3.8) is 0 Å². The summed E-state index contributed by atoms with van der Waals surface area (Å²) in [6.45, 7) is 0. The van der Waals surface area contributed by atoms with E-state index in [1.807, 2.05) is 0 Å². The van der Waals surface area contributed by atoms with Gasteiger partial charge in [-0.15, -0.1) is 0 Å². The molecule has 0 aliphatic carbocycles. The number of rotatable bonds is 3. The van der Waals surface area contributed by atoms with Gasteiger partial charge < -0.3 is 10.6 Å². The van der Waals surface area contributed by atoms with Gasteiger partial charge in [0.15, 0.2) is 0 Å². The minimum absolute atomic E-state index is 0.208. The molecule has 0 bridgehead atoms. The van der Waals surface area contributed by atoms with Crippen molar-refractivity contribution in [1.82, 2.24) is 4.98 Å². The highest BCUT2D eigenvalue weighted by Crippen LogP contribution is 2.20. The van der Waals surface area contributed by atoms with Crippen molar-refractivity contribution in [1.29, 1.82) is 0 Å². The van der Waals surface area contributed by atoms with Crippen molar-refractivity contribution in [2.75, 3.05) is 11.9 Å². The number of hydrogen-bond acceptors (Lipinski definition) is 3. The molecule has 2 aromatic rings. The van der Waals surface area contributed by atoms with Crippen molar-refractivity contribution >= 4 is 40.4 Å². The molecule has 0 aliphatic heterocycles. The van der Waals surface area contributed by atoms with E-state index in [1.54, 1.807) is 37.4 Å². The van der Waals surface area contributed by atoms with E-state index in [-0.39, 0.29) is 5.91 Å². The van der Waals surface area contributed by atoms with Crippen LogP contribution in [0.1, 0.15) is 15.9 Å². The molecule has 2 rings (SSSR count). The molecule has 4 nitrogen and oxygen atoms in total. The van der Waals surface area contributed by atoms with Gasteiger partial charge in [-0.2, -0.15) is 0 Å². The fraction of sp³-hybridized carbons (Fsp3) is 0.0714. The van der Waals surface area contributed by atoms with Gasteiger partial charge in [0.25, 0.3) is 5.91 Å². The summed E-state index contributed by atoms with van der Waals surface area (Å²) >= 11 is 10.9. The predicted molar refractivity (Wildman–Crippen MR) is 84.3 cm³/mol. The van der Waals surface area contributed by atoms with Crippen LogP contribution in [0.25, 0.3) is 0 Å². The lowest BCUT2D eigenvalue weighted by Crippen LogP contribution is -2.26. The van der Waals surface area contributed by atoms with Gasteiger partial charge in [0.1, 0.15) is 4.99 Å². The molecule has 1 heterocycles. The summed E-state index contributed by atoms with van der Waals surface area (Å²) in [5.41, 5.74) is 7.42. The Labute approximate surface area is 127 Å². The van der Waals surface area contributed by atoms with E-state index in [1.165, 1.54) is 17.3 Å². The maximum Gasteiger partial charge on any atom is 0.259 e. The fourth-order valence-electron chi connectivity index (χ4n) is 1.70. The lowest BCUT2D eigenvalue weighted by molar-refractivity contribution is 0.0993. The van der Waals surface area contributed by atoms with Crippen LogP contribution < -0.4 is 10.6 Å². The molecule has 1 amide bonds. The van der Waals surface area contributed by atoms with Crippen LogP contribution in [0.5, 0.6) is 0 Å². The molecule has 0 spiro atoms. The number of thiocarbonyl (C=S) groups is 1. The van der Waals surface area contributed by atoms with Crippen LogP contribution in [0.2, 0.25) is 5.02 Å². The SMILES string of the molecule is CN(C(=O)c1ccncc1Cl)c1ccc(C(N)=S)cc1. The maximum atomic E-state index is 12.3. The lowest BCUT2D eigenvalue weighted by atomic mass is 10.1. The zero-order valence-electron chi connectivity index (χ0n) is 10.7. The van der Waals surface area contributed by atoms with Crippen molar-refractivity contribution in [2.24, 2.45) is 5.73 Å². The number of carbonyl (C=O) groups excluding carboxylic acids is 1. The monoisotopic (exact) mass is 305 g/mol. The Balaban J connectivity index is 2.27. The summed E-state index contributed by atoms with van der Waals surface area (Å²) in [5.74, 6) is -0.208. The molecule has 0 saturated carbocycles. The minimum Gasteiger partial charge on any atom is -0.389 e. The largest absolute Gasteiger partial charge is 0.389 e. The average molecular weight is 306 g/mol. The number of nitrogens with zero attached hydrogens (tertiary/aromatic N) is 2. The Morgan fingerprint density at radius 1 is 1.30 bits per heavy atom. The quantitative estimate of drug-likeness (QED) is 0.886. The Bertz CT molecular complexity index is 658. The summed E-state index contributed by atoms with van der Waals surface area (Å²) in [6.07, 6.45) is 2.97. The molecule has 20 heavy (non-hydrogen) atoms. The van der Waals surface area contributed by atoms with Gasteiger partial charge >= 0.3 is 0 Å². The van der Waals surface area contributed by atoms with Gasteiger partial charge in [-0.25, -0.2) is 0 Å². The summed E-state index contributed by atoms with van der Waals surface area (Å²) < 4.78 is 0. The van der Waals surface area contributed by atoms with Crippen LogP contribution in [0.3, 0.4) is 0 Å².